The van der Waals surface area contributed by atoms with Crippen molar-refractivity contribution < 1.29 is 19.4 Å². The minimum atomic E-state index is -0.673. The SMILES string of the molecule is O=C(COC(=O)c1cccc(O)c1)Nc1ccccc1Br. The Labute approximate surface area is 129 Å². The van der Waals surface area contributed by atoms with E-state index in [1.807, 2.05) is 6.07 Å². The number of phenolic OH excluding ortho intramolecular Hbond substituents is 1. The van der Waals surface area contributed by atoms with E-state index in [1.54, 1.807) is 18.2 Å². The summed E-state index contributed by atoms with van der Waals surface area (Å²) < 4.78 is 5.61. The van der Waals surface area contributed by atoms with Crippen LogP contribution < -0.4 is 5.32 Å². The third kappa shape index (κ3) is 4.32. The fraction of sp³-hybridized carbons (Fsp3) is 0.0667. The summed E-state index contributed by atoms with van der Waals surface area (Å²) in [6.07, 6.45) is 0. The minimum absolute atomic E-state index is 0.0397. The van der Waals surface area contributed by atoms with Crippen LogP contribution in [0.5, 0.6) is 5.75 Å². The number of aromatic hydroxyl groups is 1. The topological polar surface area (TPSA) is 75.6 Å². The highest BCUT2D eigenvalue weighted by Crippen LogP contribution is 2.21. The molecular formula is C15H12BrNO4. The van der Waals surface area contributed by atoms with Crippen LogP contribution in [0.15, 0.2) is 53.0 Å². The predicted octanol–water partition coefficient (Wildman–Crippen LogP) is 2.95. The van der Waals surface area contributed by atoms with E-state index in [2.05, 4.69) is 21.2 Å². The number of anilines is 1. The predicted molar refractivity (Wildman–Crippen MR) is 81.2 cm³/mol. The zero-order chi connectivity index (χ0) is 15.2. The Hall–Kier alpha value is -2.34. The monoisotopic (exact) mass is 349 g/mol. The van der Waals surface area contributed by atoms with E-state index in [1.165, 1.54) is 24.3 Å². The van der Waals surface area contributed by atoms with Crippen LogP contribution in [0.4, 0.5) is 5.69 Å². The molecule has 2 rings (SSSR count). The van der Waals surface area contributed by atoms with Gasteiger partial charge in [-0.2, -0.15) is 0 Å². The smallest absolute Gasteiger partial charge is 0.338 e. The Morgan fingerprint density at radius 1 is 1.14 bits per heavy atom. The van der Waals surface area contributed by atoms with Gasteiger partial charge in [0.1, 0.15) is 5.75 Å². The maximum absolute atomic E-state index is 11.7. The number of amides is 1. The van der Waals surface area contributed by atoms with Crippen LogP contribution in [0.2, 0.25) is 0 Å². The van der Waals surface area contributed by atoms with Gasteiger partial charge in [-0.25, -0.2) is 4.79 Å². The molecule has 0 unspecified atom stereocenters. The van der Waals surface area contributed by atoms with Gasteiger partial charge in [0.2, 0.25) is 0 Å². The number of esters is 1. The summed E-state index contributed by atoms with van der Waals surface area (Å²) >= 11 is 3.30. The summed E-state index contributed by atoms with van der Waals surface area (Å²) in [7, 11) is 0. The van der Waals surface area contributed by atoms with Gasteiger partial charge in [-0.15, -0.1) is 0 Å². The molecule has 0 atom stereocenters. The van der Waals surface area contributed by atoms with E-state index >= 15 is 0 Å². The molecule has 0 aromatic heterocycles. The summed E-state index contributed by atoms with van der Waals surface area (Å²) in [5, 5.41) is 11.9. The lowest BCUT2D eigenvalue weighted by molar-refractivity contribution is -0.119. The van der Waals surface area contributed by atoms with Gasteiger partial charge in [-0.1, -0.05) is 18.2 Å². The number of para-hydroxylation sites is 1. The summed E-state index contributed by atoms with van der Waals surface area (Å²) in [6.45, 7) is -0.407. The summed E-state index contributed by atoms with van der Waals surface area (Å²) in [5.74, 6) is -1.16. The van der Waals surface area contributed by atoms with Crippen LogP contribution >= 0.6 is 15.9 Å². The number of nitrogens with one attached hydrogen (secondary N) is 1. The standard InChI is InChI=1S/C15H12BrNO4/c16-12-6-1-2-7-13(12)17-14(19)9-21-15(20)10-4-3-5-11(18)8-10/h1-8,18H,9H2,(H,17,19). The largest absolute Gasteiger partial charge is 0.508 e. The third-order valence-electron chi connectivity index (χ3n) is 2.56. The highest BCUT2D eigenvalue weighted by Gasteiger charge is 2.11. The van der Waals surface area contributed by atoms with E-state index < -0.39 is 18.5 Å². The van der Waals surface area contributed by atoms with E-state index in [4.69, 9.17) is 4.74 Å². The first kappa shape index (κ1) is 15.1. The second-order valence-corrected chi connectivity index (χ2v) is 5.01. The highest BCUT2D eigenvalue weighted by molar-refractivity contribution is 9.10. The maximum atomic E-state index is 11.7. The zero-order valence-electron chi connectivity index (χ0n) is 10.9. The Balaban J connectivity index is 1.90. The average molecular weight is 350 g/mol. The van der Waals surface area contributed by atoms with Crippen LogP contribution in [0.3, 0.4) is 0 Å². The van der Waals surface area contributed by atoms with Crippen molar-refractivity contribution in [2.24, 2.45) is 0 Å². The molecule has 1 amide bonds. The molecule has 0 radical (unpaired) electrons. The van der Waals surface area contributed by atoms with Gasteiger partial charge >= 0.3 is 5.97 Å². The summed E-state index contributed by atoms with van der Waals surface area (Å²) in [4.78, 5) is 23.4. The number of carbonyl (C=O) groups excluding carboxylic acids is 2. The average Bonchev–Trinajstić information content (AvgIpc) is 2.47. The Morgan fingerprint density at radius 3 is 2.62 bits per heavy atom. The van der Waals surface area contributed by atoms with Crippen molar-refractivity contribution in [1.82, 2.24) is 0 Å². The third-order valence-corrected chi connectivity index (χ3v) is 3.26. The van der Waals surface area contributed by atoms with E-state index in [0.717, 1.165) is 4.47 Å². The molecule has 0 fully saturated rings. The van der Waals surface area contributed by atoms with Crippen LogP contribution in [0.1, 0.15) is 10.4 Å². The highest BCUT2D eigenvalue weighted by atomic mass is 79.9. The summed E-state index contributed by atoms with van der Waals surface area (Å²) in [6, 6.07) is 12.8. The molecule has 21 heavy (non-hydrogen) atoms. The van der Waals surface area contributed by atoms with Gasteiger partial charge < -0.3 is 15.2 Å². The molecule has 5 nitrogen and oxygen atoms in total. The van der Waals surface area contributed by atoms with Crippen molar-refractivity contribution in [3.63, 3.8) is 0 Å². The first-order valence-electron chi connectivity index (χ1n) is 6.07. The Bertz CT molecular complexity index is 672. The molecule has 0 aliphatic heterocycles. The normalized spacial score (nSPS) is 9.95. The van der Waals surface area contributed by atoms with Crippen molar-refractivity contribution in [2.45, 2.75) is 0 Å². The van der Waals surface area contributed by atoms with Crippen LogP contribution in [-0.4, -0.2) is 23.6 Å². The molecule has 2 aromatic carbocycles. The number of benzene rings is 2. The van der Waals surface area contributed by atoms with Gasteiger partial charge in [0.15, 0.2) is 6.61 Å². The van der Waals surface area contributed by atoms with Crippen molar-refractivity contribution >= 4 is 33.5 Å². The van der Waals surface area contributed by atoms with E-state index in [9.17, 15) is 14.7 Å². The van der Waals surface area contributed by atoms with Crippen LogP contribution in [0.25, 0.3) is 0 Å². The van der Waals surface area contributed by atoms with E-state index in [-0.39, 0.29) is 11.3 Å². The number of rotatable bonds is 4. The lowest BCUT2D eigenvalue weighted by atomic mass is 10.2. The maximum Gasteiger partial charge on any atom is 0.338 e. The molecular weight excluding hydrogens is 338 g/mol. The number of hydrogen-bond donors (Lipinski definition) is 2. The van der Waals surface area contributed by atoms with Crippen molar-refractivity contribution in [2.75, 3.05) is 11.9 Å². The summed E-state index contributed by atoms with van der Waals surface area (Å²) in [5.41, 5.74) is 0.777. The van der Waals surface area contributed by atoms with Gasteiger partial charge in [-0.05, 0) is 46.3 Å². The number of carbonyl (C=O) groups is 2. The van der Waals surface area contributed by atoms with Crippen LogP contribution in [0, 0.1) is 0 Å². The van der Waals surface area contributed by atoms with E-state index in [0.29, 0.717) is 5.69 Å². The van der Waals surface area contributed by atoms with Gasteiger partial charge in [0.05, 0.1) is 11.3 Å². The first-order valence-corrected chi connectivity index (χ1v) is 6.86. The fourth-order valence-electron chi connectivity index (χ4n) is 1.60. The minimum Gasteiger partial charge on any atom is -0.508 e. The van der Waals surface area contributed by atoms with Gasteiger partial charge in [0.25, 0.3) is 5.91 Å². The van der Waals surface area contributed by atoms with Crippen LogP contribution in [-0.2, 0) is 9.53 Å². The van der Waals surface area contributed by atoms with Gasteiger partial charge in [-0.3, -0.25) is 4.79 Å². The molecule has 0 bridgehead atoms. The number of ether oxygens (including phenoxy) is 1. The quantitative estimate of drug-likeness (QED) is 0.832. The Morgan fingerprint density at radius 2 is 1.90 bits per heavy atom. The molecule has 0 aliphatic carbocycles. The second kappa shape index (κ2) is 6.90. The molecule has 0 saturated carbocycles. The lowest BCUT2D eigenvalue weighted by Crippen LogP contribution is -2.21. The number of hydrogen-bond acceptors (Lipinski definition) is 4. The fourth-order valence-corrected chi connectivity index (χ4v) is 1.98. The molecule has 0 saturated heterocycles. The molecule has 2 N–H and O–H groups in total. The van der Waals surface area contributed by atoms with Gasteiger partial charge in [0, 0.05) is 4.47 Å². The number of phenols is 1. The molecule has 108 valence electrons. The van der Waals surface area contributed by atoms with Crippen molar-refractivity contribution in [3.05, 3.63) is 58.6 Å². The van der Waals surface area contributed by atoms with Crippen molar-refractivity contribution in [1.29, 1.82) is 0 Å². The molecule has 6 heteroatoms. The first-order chi connectivity index (χ1) is 10.1. The molecule has 2 aromatic rings. The molecule has 0 spiro atoms. The van der Waals surface area contributed by atoms with Crippen molar-refractivity contribution in [3.8, 4) is 5.75 Å². The second-order valence-electron chi connectivity index (χ2n) is 4.15. The molecule has 0 aliphatic rings. The lowest BCUT2D eigenvalue weighted by Gasteiger charge is -2.08. The zero-order valence-corrected chi connectivity index (χ0v) is 12.5. The number of halogens is 1. The Kier molecular flexibility index (Phi) is 4.94. The molecule has 0 heterocycles.